The standard InChI is InChI=1S/C24H37N3O6/c1-17(29)26-16-23(12-19-13-24(19,31)21(14-28)33-23)32-15-18-7-9-20(10-8-18)27-22(30)6-4-3-5-11-25-2/h7-10,19,21,25,28,31H,3-6,11-16H2,1-2H3,(H,26,29)(H,27,30). The molecular formula is C24H37N3O6. The van der Waals surface area contributed by atoms with Crippen molar-refractivity contribution in [3.05, 3.63) is 29.8 Å². The van der Waals surface area contributed by atoms with E-state index in [0.29, 0.717) is 19.3 Å². The van der Waals surface area contributed by atoms with Gasteiger partial charge in [0, 0.05) is 25.5 Å². The van der Waals surface area contributed by atoms with Crippen molar-refractivity contribution in [3.63, 3.8) is 0 Å². The molecule has 1 aliphatic carbocycles. The van der Waals surface area contributed by atoms with Crippen molar-refractivity contribution in [2.24, 2.45) is 5.92 Å². The number of benzene rings is 1. The van der Waals surface area contributed by atoms with E-state index in [-0.39, 0.29) is 37.5 Å². The van der Waals surface area contributed by atoms with E-state index in [9.17, 15) is 19.8 Å². The molecule has 1 aromatic rings. The zero-order valence-corrected chi connectivity index (χ0v) is 19.6. The van der Waals surface area contributed by atoms with E-state index in [1.807, 2.05) is 31.3 Å². The lowest BCUT2D eigenvalue weighted by Crippen LogP contribution is -2.56. The van der Waals surface area contributed by atoms with Crippen LogP contribution in [0.4, 0.5) is 5.69 Å². The van der Waals surface area contributed by atoms with Crippen LogP contribution in [0.3, 0.4) is 0 Å². The molecule has 2 fully saturated rings. The van der Waals surface area contributed by atoms with Crippen LogP contribution in [0.1, 0.15) is 51.0 Å². The normalized spacial score (nSPS) is 28.1. The van der Waals surface area contributed by atoms with Gasteiger partial charge in [0.25, 0.3) is 0 Å². The molecule has 1 saturated carbocycles. The van der Waals surface area contributed by atoms with Crippen molar-refractivity contribution < 1.29 is 29.3 Å². The molecule has 0 spiro atoms. The maximum atomic E-state index is 12.1. The van der Waals surface area contributed by atoms with Crippen LogP contribution in [0, 0.1) is 5.92 Å². The van der Waals surface area contributed by atoms with Gasteiger partial charge < -0.3 is 35.6 Å². The lowest BCUT2D eigenvalue weighted by Gasteiger charge is -2.42. The fourth-order valence-corrected chi connectivity index (χ4v) is 4.36. The molecule has 2 amide bonds. The minimum absolute atomic E-state index is 0.000268. The van der Waals surface area contributed by atoms with Crippen LogP contribution in [0.5, 0.6) is 0 Å². The number of carbonyl (C=O) groups excluding carboxylic acids is 2. The quantitative estimate of drug-likeness (QED) is 0.279. The van der Waals surface area contributed by atoms with E-state index in [0.717, 1.165) is 37.1 Å². The van der Waals surface area contributed by atoms with Crippen LogP contribution in [0.15, 0.2) is 24.3 Å². The SMILES string of the molecule is CNCCCCCC(=O)Nc1ccc(COC2(CNC(C)=O)CC3CC3(O)C(CO)O2)cc1. The van der Waals surface area contributed by atoms with Gasteiger partial charge in [0.05, 0.1) is 25.4 Å². The van der Waals surface area contributed by atoms with E-state index in [4.69, 9.17) is 9.47 Å². The van der Waals surface area contributed by atoms with Gasteiger partial charge in [-0.15, -0.1) is 0 Å². The summed E-state index contributed by atoms with van der Waals surface area (Å²) in [6.45, 7) is 2.42. The van der Waals surface area contributed by atoms with E-state index in [1.54, 1.807) is 0 Å². The molecular weight excluding hydrogens is 426 g/mol. The second kappa shape index (κ2) is 11.4. The zero-order valence-electron chi connectivity index (χ0n) is 19.6. The Morgan fingerprint density at radius 3 is 2.61 bits per heavy atom. The molecule has 0 aromatic heterocycles. The van der Waals surface area contributed by atoms with Crippen molar-refractivity contribution in [2.45, 2.75) is 69.5 Å². The third-order valence-corrected chi connectivity index (χ3v) is 6.43. The number of fused-ring (bicyclic) bond motifs is 1. The molecule has 4 unspecified atom stereocenters. The van der Waals surface area contributed by atoms with Crippen molar-refractivity contribution in [1.82, 2.24) is 10.6 Å². The summed E-state index contributed by atoms with van der Waals surface area (Å²) in [7, 11) is 1.92. The van der Waals surface area contributed by atoms with E-state index < -0.39 is 17.5 Å². The Hall–Kier alpha value is -2.04. The number of aliphatic hydroxyl groups excluding tert-OH is 1. The van der Waals surface area contributed by atoms with Crippen LogP contribution in [0.2, 0.25) is 0 Å². The van der Waals surface area contributed by atoms with Gasteiger partial charge in [0.2, 0.25) is 11.8 Å². The van der Waals surface area contributed by atoms with Gasteiger partial charge in [-0.1, -0.05) is 18.6 Å². The Labute approximate surface area is 195 Å². The predicted octanol–water partition coefficient (Wildman–Crippen LogP) is 1.29. The van der Waals surface area contributed by atoms with Crippen molar-refractivity contribution in [1.29, 1.82) is 0 Å². The maximum Gasteiger partial charge on any atom is 0.224 e. The van der Waals surface area contributed by atoms with E-state index in [2.05, 4.69) is 16.0 Å². The molecule has 1 aromatic carbocycles. The molecule has 4 atom stereocenters. The molecule has 1 heterocycles. The van der Waals surface area contributed by atoms with Gasteiger partial charge in [-0.3, -0.25) is 9.59 Å². The zero-order chi connectivity index (χ0) is 23.9. The highest BCUT2D eigenvalue weighted by Gasteiger charge is 2.66. The van der Waals surface area contributed by atoms with E-state index in [1.165, 1.54) is 6.92 Å². The number of rotatable bonds is 13. The van der Waals surface area contributed by atoms with Gasteiger partial charge in [0.1, 0.15) is 6.10 Å². The summed E-state index contributed by atoms with van der Waals surface area (Å²) in [6, 6.07) is 7.40. The summed E-state index contributed by atoms with van der Waals surface area (Å²) in [5, 5.41) is 29.0. The van der Waals surface area contributed by atoms with Crippen molar-refractivity contribution in [2.75, 3.05) is 32.1 Å². The van der Waals surface area contributed by atoms with Crippen LogP contribution in [-0.2, 0) is 25.7 Å². The van der Waals surface area contributed by atoms with E-state index >= 15 is 0 Å². The molecule has 2 aliphatic rings. The summed E-state index contributed by atoms with van der Waals surface area (Å²) >= 11 is 0. The van der Waals surface area contributed by atoms with Gasteiger partial charge >= 0.3 is 0 Å². The summed E-state index contributed by atoms with van der Waals surface area (Å²) < 4.78 is 12.1. The second-order valence-electron chi connectivity index (χ2n) is 9.15. The minimum Gasteiger partial charge on any atom is -0.394 e. The molecule has 3 rings (SSSR count). The highest BCUT2D eigenvalue weighted by Crippen LogP contribution is 2.56. The average Bonchev–Trinajstić information content (AvgIpc) is 3.47. The number of anilines is 1. The average molecular weight is 464 g/mol. The fourth-order valence-electron chi connectivity index (χ4n) is 4.36. The molecule has 9 heteroatoms. The summed E-state index contributed by atoms with van der Waals surface area (Å²) in [5.74, 6) is -1.36. The summed E-state index contributed by atoms with van der Waals surface area (Å²) in [5.41, 5.74) is 0.595. The lowest BCUT2D eigenvalue weighted by molar-refractivity contribution is -0.307. The first-order chi connectivity index (χ1) is 15.8. The molecule has 0 bridgehead atoms. The molecule has 1 saturated heterocycles. The third-order valence-electron chi connectivity index (χ3n) is 6.43. The van der Waals surface area contributed by atoms with Gasteiger partial charge in [0.15, 0.2) is 5.79 Å². The molecule has 5 N–H and O–H groups in total. The maximum absolute atomic E-state index is 12.1. The van der Waals surface area contributed by atoms with Crippen molar-refractivity contribution in [3.8, 4) is 0 Å². The topological polar surface area (TPSA) is 129 Å². The Morgan fingerprint density at radius 1 is 1.18 bits per heavy atom. The Morgan fingerprint density at radius 2 is 1.94 bits per heavy atom. The number of ether oxygens (including phenoxy) is 2. The summed E-state index contributed by atoms with van der Waals surface area (Å²) in [6.07, 6.45) is 3.67. The minimum atomic E-state index is -1.12. The first-order valence-corrected chi connectivity index (χ1v) is 11.7. The molecule has 184 valence electrons. The Kier molecular flexibility index (Phi) is 8.83. The lowest BCUT2D eigenvalue weighted by atomic mass is 9.98. The summed E-state index contributed by atoms with van der Waals surface area (Å²) in [4.78, 5) is 23.6. The third kappa shape index (κ3) is 6.97. The molecule has 9 nitrogen and oxygen atoms in total. The number of hydrogen-bond acceptors (Lipinski definition) is 7. The van der Waals surface area contributed by atoms with Crippen LogP contribution >= 0.6 is 0 Å². The molecule has 0 radical (unpaired) electrons. The highest BCUT2D eigenvalue weighted by atomic mass is 16.7. The highest BCUT2D eigenvalue weighted by molar-refractivity contribution is 5.90. The Bertz CT molecular complexity index is 804. The van der Waals surface area contributed by atoms with Gasteiger partial charge in [-0.05, 0) is 56.5 Å². The fraction of sp³-hybridized carbons (Fsp3) is 0.667. The van der Waals surface area contributed by atoms with Crippen molar-refractivity contribution >= 4 is 17.5 Å². The van der Waals surface area contributed by atoms with Gasteiger partial charge in [-0.2, -0.15) is 0 Å². The largest absolute Gasteiger partial charge is 0.394 e. The number of carbonyl (C=O) groups is 2. The number of amides is 2. The predicted molar refractivity (Wildman–Crippen MR) is 123 cm³/mol. The second-order valence-corrected chi connectivity index (χ2v) is 9.15. The van der Waals surface area contributed by atoms with Gasteiger partial charge in [-0.25, -0.2) is 0 Å². The number of nitrogens with one attached hydrogen (secondary N) is 3. The number of aliphatic hydroxyl groups is 2. The number of unbranched alkanes of at least 4 members (excludes halogenated alkanes) is 2. The van der Waals surface area contributed by atoms with Crippen LogP contribution in [0.25, 0.3) is 0 Å². The molecule has 33 heavy (non-hydrogen) atoms. The number of hydrogen-bond donors (Lipinski definition) is 5. The first kappa shape index (κ1) is 25.6. The Balaban J connectivity index is 1.52. The molecule has 1 aliphatic heterocycles. The monoisotopic (exact) mass is 463 g/mol. The van der Waals surface area contributed by atoms with Crippen LogP contribution in [-0.4, -0.2) is 66.3 Å². The first-order valence-electron chi connectivity index (χ1n) is 11.7. The van der Waals surface area contributed by atoms with Crippen LogP contribution < -0.4 is 16.0 Å². The smallest absolute Gasteiger partial charge is 0.224 e.